The molecule has 0 unspecified atom stereocenters. The first-order valence-corrected chi connectivity index (χ1v) is 13.9. The van der Waals surface area contributed by atoms with Crippen LogP contribution in [0.5, 0.6) is 0 Å². The second kappa shape index (κ2) is 10.6. The molecule has 10 heteroatoms. The Balaban J connectivity index is 1.41. The highest BCUT2D eigenvalue weighted by atomic mass is 35.5. The number of halogens is 1. The number of nitrogens with one attached hydrogen (secondary N) is 1. The molecule has 4 heterocycles. The average molecular weight is 557 g/mol. The van der Waals surface area contributed by atoms with Gasteiger partial charge in [0.2, 0.25) is 5.88 Å². The first-order valence-electron chi connectivity index (χ1n) is 13.6. The highest BCUT2D eigenvalue weighted by molar-refractivity contribution is 6.65. The average Bonchev–Trinajstić information content (AvgIpc) is 2.95. The number of aryl methyl sites for hydroxylation is 1. The van der Waals surface area contributed by atoms with Crippen molar-refractivity contribution >= 4 is 52.9 Å². The molecule has 8 nitrogen and oxygen atoms in total. The van der Waals surface area contributed by atoms with Crippen LogP contribution >= 0.6 is 11.6 Å². The van der Waals surface area contributed by atoms with E-state index in [2.05, 4.69) is 26.4 Å². The Kier molecular flexibility index (Phi) is 7.02. The fraction of sp³-hybridized carbons (Fsp3) is 0.300. The minimum Gasteiger partial charge on any atom is -0.440 e. The normalized spacial score (nSPS) is 15.6. The minimum absolute atomic E-state index is 0.0116. The van der Waals surface area contributed by atoms with Crippen LogP contribution in [0.3, 0.4) is 0 Å². The van der Waals surface area contributed by atoms with Gasteiger partial charge in [0.1, 0.15) is 5.58 Å². The van der Waals surface area contributed by atoms with Crippen molar-refractivity contribution in [1.29, 1.82) is 0 Å². The summed E-state index contributed by atoms with van der Waals surface area (Å²) in [6, 6.07) is 11.2. The molecule has 0 saturated carbocycles. The molecule has 1 fully saturated rings. The first-order chi connectivity index (χ1) is 19.3. The summed E-state index contributed by atoms with van der Waals surface area (Å²) in [6.07, 6.45) is 6.63. The van der Waals surface area contributed by atoms with Gasteiger partial charge < -0.3 is 24.4 Å². The number of aromatic nitrogens is 1. The van der Waals surface area contributed by atoms with E-state index in [0.717, 1.165) is 48.3 Å². The molecule has 0 amide bonds. The van der Waals surface area contributed by atoms with Crippen molar-refractivity contribution in [2.45, 2.75) is 46.1 Å². The van der Waals surface area contributed by atoms with E-state index in [1.54, 1.807) is 12.3 Å². The molecule has 1 atom stereocenters. The number of hydrogen-bond acceptors (Lipinski definition) is 8. The SMILES string of the molecule is Cc1cc([C@@H](C)Nc2cccnc2-c2cc(Cl)c3c(c2)C=NOB3O)c2oc(N3CCCCC3)c(C)c(=O)c2c1. The molecule has 2 aromatic carbocycles. The highest BCUT2D eigenvalue weighted by Gasteiger charge is 2.29. The number of piperidine rings is 1. The first kappa shape index (κ1) is 26.4. The van der Waals surface area contributed by atoms with Crippen molar-refractivity contribution in [3.05, 3.63) is 80.1 Å². The molecule has 0 bridgehead atoms. The molecule has 0 aliphatic carbocycles. The third-order valence-corrected chi connectivity index (χ3v) is 8.00. The van der Waals surface area contributed by atoms with Crippen molar-refractivity contribution in [2.24, 2.45) is 5.16 Å². The van der Waals surface area contributed by atoms with Gasteiger partial charge in [-0.25, -0.2) is 0 Å². The molecular formula is C30H30BClN4O4. The summed E-state index contributed by atoms with van der Waals surface area (Å²) in [5.74, 6) is 0.674. The lowest BCUT2D eigenvalue weighted by atomic mass is 9.75. The van der Waals surface area contributed by atoms with Crippen LogP contribution in [0.2, 0.25) is 5.02 Å². The number of pyridine rings is 1. The van der Waals surface area contributed by atoms with Crippen LogP contribution in [0.4, 0.5) is 11.6 Å². The standard InChI is InChI=1S/C30H30BClN4O4/c1-17-12-22(29-23(13-17)28(37)18(2)30(39-29)36-10-5-4-6-11-36)19(3)35-25-8-7-9-33-27(25)20-14-21-16-34-40-31(38)26(21)24(32)15-20/h7-9,12-16,19,35,38H,4-6,10-11H2,1-3H3/t19-/m1/s1. The summed E-state index contributed by atoms with van der Waals surface area (Å²) in [7, 11) is -1.22. The summed E-state index contributed by atoms with van der Waals surface area (Å²) >= 11 is 6.54. The van der Waals surface area contributed by atoms with Crippen molar-refractivity contribution in [1.82, 2.24) is 4.98 Å². The molecule has 0 spiro atoms. The van der Waals surface area contributed by atoms with Crippen LogP contribution in [0.1, 0.15) is 54.5 Å². The summed E-state index contributed by atoms with van der Waals surface area (Å²) in [6.45, 7) is 7.68. The Hall–Kier alpha value is -3.82. The number of rotatable bonds is 5. The maximum atomic E-state index is 13.5. The zero-order valence-electron chi connectivity index (χ0n) is 22.7. The molecule has 2 aliphatic rings. The fourth-order valence-electron chi connectivity index (χ4n) is 5.68. The molecule has 40 heavy (non-hydrogen) atoms. The van der Waals surface area contributed by atoms with Gasteiger partial charge in [-0.05, 0) is 81.5 Å². The van der Waals surface area contributed by atoms with E-state index in [1.807, 2.05) is 45.0 Å². The zero-order chi connectivity index (χ0) is 28.0. The lowest BCUT2D eigenvalue weighted by molar-refractivity contribution is 0.286. The second-order valence-electron chi connectivity index (χ2n) is 10.6. The Morgan fingerprint density at radius 1 is 1.15 bits per heavy atom. The van der Waals surface area contributed by atoms with Crippen molar-refractivity contribution < 1.29 is 14.2 Å². The maximum absolute atomic E-state index is 13.5. The largest absolute Gasteiger partial charge is 0.585 e. The lowest BCUT2D eigenvalue weighted by Gasteiger charge is -2.29. The number of nitrogens with zero attached hydrogens (tertiary/aromatic N) is 3. The number of hydrogen-bond donors (Lipinski definition) is 2. The molecule has 2 aliphatic heterocycles. The van der Waals surface area contributed by atoms with Gasteiger partial charge in [0.25, 0.3) is 0 Å². The zero-order valence-corrected chi connectivity index (χ0v) is 23.5. The maximum Gasteiger partial charge on any atom is 0.585 e. The summed E-state index contributed by atoms with van der Waals surface area (Å²) in [5, 5.41) is 18.5. The van der Waals surface area contributed by atoms with E-state index >= 15 is 0 Å². The molecule has 2 N–H and O–H groups in total. The van der Waals surface area contributed by atoms with Crippen molar-refractivity contribution in [3.8, 4) is 11.3 Å². The molecule has 2 aromatic heterocycles. The van der Waals surface area contributed by atoms with Gasteiger partial charge in [0.15, 0.2) is 5.43 Å². The Morgan fingerprint density at radius 2 is 1.95 bits per heavy atom. The smallest absolute Gasteiger partial charge is 0.440 e. The number of benzene rings is 2. The quantitative estimate of drug-likeness (QED) is 0.320. The molecule has 1 saturated heterocycles. The number of oxime groups is 1. The third-order valence-electron chi connectivity index (χ3n) is 7.69. The molecule has 4 aromatic rings. The topological polar surface area (TPSA) is 100 Å². The van der Waals surface area contributed by atoms with Gasteiger partial charge in [-0.15, -0.1) is 5.16 Å². The van der Waals surface area contributed by atoms with E-state index in [-0.39, 0.29) is 11.5 Å². The predicted octanol–water partition coefficient (Wildman–Crippen LogP) is 5.34. The number of fused-ring (bicyclic) bond motifs is 2. The van der Waals surface area contributed by atoms with Gasteiger partial charge in [-0.2, -0.15) is 0 Å². The summed E-state index contributed by atoms with van der Waals surface area (Å²) in [4.78, 5) is 20.4. The Labute approximate surface area is 237 Å². The van der Waals surface area contributed by atoms with Crippen LogP contribution in [0.25, 0.3) is 22.2 Å². The monoisotopic (exact) mass is 556 g/mol. The summed E-state index contributed by atoms with van der Waals surface area (Å²) < 4.78 is 11.5. The van der Waals surface area contributed by atoms with E-state index < -0.39 is 7.12 Å². The molecular weight excluding hydrogens is 527 g/mol. The van der Waals surface area contributed by atoms with Gasteiger partial charge >= 0.3 is 7.12 Å². The highest BCUT2D eigenvalue weighted by Crippen LogP contribution is 2.35. The van der Waals surface area contributed by atoms with Crippen LogP contribution in [0.15, 0.2) is 57.0 Å². The van der Waals surface area contributed by atoms with Crippen LogP contribution in [-0.4, -0.2) is 36.4 Å². The summed E-state index contributed by atoms with van der Waals surface area (Å²) in [5.41, 5.74) is 6.54. The van der Waals surface area contributed by atoms with Crippen LogP contribution in [0, 0.1) is 13.8 Å². The number of anilines is 2. The Bertz CT molecular complexity index is 1700. The molecule has 0 radical (unpaired) electrons. The van der Waals surface area contributed by atoms with Gasteiger partial charge in [0.05, 0.1) is 34.6 Å². The minimum atomic E-state index is -1.22. The van der Waals surface area contributed by atoms with E-state index in [4.69, 9.17) is 20.8 Å². The molecule has 204 valence electrons. The van der Waals surface area contributed by atoms with Gasteiger partial charge in [-0.3, -0.25) is 9.78 Å². The van der Waals surface area contributed by atoms with Crippen LogP contribution in [-0.2, 0) is 4.76 Å². The Morgan fingerprint density at radius 3 is 2.75 bits per heavy atom. The molecule has 6 rings (SSSR count). The van der Waals surface area contributed by atoms with Crippen molar-refractivity contribution in [2.75, 3.05) is 23.3 Å². The van der Waals surface area contributed by atoms with Crippen molar-refractivity contribution in [3.63, 3.8) is 0 Å². The van der Waals surface area contributed by atoms with E-state index in [9.17, 15) is 9.82 Å². The lowest BCUT2D eigenvalue weighted by Crippen LogP contribution is -2.38. The second-order valence-corrected chi connectivity index (χ2v) is 11.0. The van der Waals surface area contributed by atoms with Gasteiger partial charge in [0, 0.05) is 40.9 Å². The van der Waals surface area contributed by atoms with E-state index in [0.29, 0.717) is 44.2 Å². The van der Waals surface area contributed by atoms with Crippen LogP contribution < -0.4 is 21.1 Å². The van der Waals surface area contributed by atoms with Gasteiger partial charge in [-0.1, -0.05) is 17.7 Å². The fourth-order valence-corrected chi connectivity index (χ4v) is 6.00. The predicted molar refractivity (Wildman–Crippen MR) is 161 cm³/mol. The van der Waals surface area contributed by atoms with E-state index in [1.165, 1.54) is 12.6 Å². The third kappa shape index (κ3) is 4.73.